The molecule has 4 aliphatic heterocycles. The van der Waals surface area contributed by atoms with E-state index in [4.69, 9.17) is 18.9 Å². The van der Waals surface area contributed by atoms with Gasteiger partial charge in [0.05, 0.1) is 64.9 Å². The number of piperazine rings is 1. The molecule has 2 aromatic carbocycles. The zero-order chi connectivity index (χ0) is 54.0. The quantitative estimate of drug-likeness (QED) is 0.0354. The van der Waals surface area contributed by atoms with Gasteiger partial charge in [0.15, 0.2) is 5.75 Å². The predicted molar refractivity (Wildman–Crippen MR) is 280 cm³/mol. The number of ketones is 1. The molecular weight excluding hydrogens is 953 g/mol. The molecule has 1 fully saturated rings. The van der Waals surface area contributed by atoms with Crippen molar-refractivity contribution in [2.24, 2.45) is 33.9 Å². The third kappa shape index (κ3) is 12.7. The highest BCUT2D eigenvalue weighted by molar-refractivity contribution is 6.23. The number of fused-ring (bicyclic) bond motifs is 14. The molecule has 0 radical (unpaired) electrons. The van der Waals surface area contributed by atoms with E-state index in [0.29, 0.717) is 18.9 Å². The largest absolute Gasteiger partial charge is 0.507 e. The molecule has 6 heterocycles. The van der Waals surface area contributed by atoms with Crippen molar-refractivity contribution < 1.29 is 58.9 Å². The summed E-state index contributed by atoms with van der Waals surface area (Å²) in [5.74, 6) is -7.63. The Bertz CT molecular complexity index is 2800. The van der Waals surface area contributed by atoms with E-state index >= 15 is 0 Å². The Balaban J connectivity index is 0.000000505. The summed E-state index contributed by atoms with van der Waals surface area (Å²) < 4.78 is 23.6. The number of methoxy groups -OCH3 is 1. The molecule has 0 aliphatic carbocycles. The zero-order valence-corrected chi connectivity index (χ0v) is 43.4. The number of pyridine rings is 2. The Labute approximate surface area is 430 Å². The minimum Gasteiger partial charge on any atom is -0.507 e. The van der Waals surface area contributed by atoms with Gasteiger partial charge in [-0.25, -0.2) is 4.98 Å². The molecular formula is C54H68N8O12. The third-order valence-electron chi connectivity index (χ3n) is 13.6. The number of phenolic OH excluding ortho intramolecular Hbond substituents is 3. The van der Waals surface area contributed by atoms with E-state index in [1.54, 1.807) is 63.5 Å². The van der Waals surface area contributed by atoms with Crippen molar-refractivity contribution in [2.75, 3.05) is 51.1 Å². The van der Waals surface area contributed by atoms with Gasteiger partial charge in [-0.2, -0.15) is 10.2 Å². The summed E-state index contributed by atoms with van der Waals surface area (Å²) in [5, 5.41) is 70.9. The van der Waals surface area contributed by atoms with Crippen molar-refractivity contribution in [1.82, 2.24) is 19.9 Å². The van der Waals surface area contributed by atoms with E-state index < -0.39 is 88.8 Å². The summed E-state index contributed by atoms with van der Waals surface area (Å²) in [6, 6.07) is 11.2. The number of aliphatic hydroxyl groups excluding tert-OH is 2. The maximum absolute atomic E-state index is 14.4. The fourth-order valence-corrected chi connectivity index (χ4v) is 8.97. The van der Waals surface area contributed by atoms with Crippen LogP contribution in [0.4, 0.5) is 11.5 Å². The van der Waals surface area contributed by atoms with Gasteiger partial charge in [0.2, 0.25) is 0 Å². The monoisotopic (exact) mass is 1020 g/mol. The maximum Gasteiger partial charge on any atom is 0.312 e. The van der Waals surface area contributed by atoms with Gasteiger partial charge >= 0.3 is 11.8 Å². The molecule has 0 unspecified atom stereocenters. The second-order valence-corrected chi connectivity index (χ2v) is 19.0. The number of aliphatic hydroxyl groups is 2. The molecule has 7 N–H and O–H groups in total. The second kappa shape index (κ2) is 24.6. The van der Waals surface area contributed by atoms with Crippen molar-refractivity contribution in [3.63, 3.8) is 0 Å². The smallest absolute Gasteiger partial charge is 0.312 e. The summed E-state index contributed by atoms with van der Waals surface area (Å²) in [6.45, 7) is 15.1. The molecule has 20 heteroatoms. The van der Waals surface area contributed by atoms with Gasteiger partial charge in [-0.05, 0) is 51.2 Å². The molecule has 0 spiro atoms. The highest BCUT2D eigenvalue weighted by Gasteiger charge is 2.50. The summed E-state index contributed by atoms with van der Waals surface area (Å²) in [4.78, 5) is 50.8. The van der Waals surface area contributed by atoms with Crippen LogP contribution in [0.1, 0.15) is 75.6 Å². The van der Waals surface area contributed by atoms with Crippen molar-refractivity contribution in [3.05, 3.63) is 107 Å². The number of benzene rings is 2. The van der Waals surface area contributed by atoms with Crippen molar-refractivity contribution in [2.45, 2.75) is 85.6 Å². The first-order valence-corrected chi connectivity index (χ1v) is 24.3. The summed E-state index contributed by atoms with van der Waals surface area (Å²) >= 11 is 0. The molecule has 20 nitrogen and oxygen atoms in total. The number of hydrazone groups is 2. The molecule has 4 aliphatic rings. The molecule has 2 aromatic heterocycles. The van der Waals surface area contributed by atoms with Crippen molar-refractivity contribution >= 4 is 52.4 Å². The van der Waals surface area contributed by atoms with Crippen LogP contribution in [0.15, 0.2) is 95.1 Å². The van der Waals surface area contributed by atoms with Gasteiger partial charge in [-0.1, -0.05) is 58.1 Å². The molecule has 5 bridgehead atoms. The topological polar surface area (TPSA) is 270 Å². The second-order valence-electron chi connectivity index (χ2n) is 19.0. The number of hydrogen-bond acceptors (Lipinski definition) is 19. The number of amides is 1. The first-order chi connectivity index (χ1) is 35.2. The Morgan fingerprint density at radius 2 is 1.58 bits per heavy atom. The number of phenols is 3. The van der Waals surface area contributed by atoms with Crippen LogP contribution in [0.25, 0.3) is 10.8 Å². The molecule has 396 valence electrons. The molecule has 9 atom stereocenters. The first-order valence-electron chi connectivity index (χ1n) is 24.3. The number of hydrogen-bond donors (Lipinski definition) is 7. The lowest BCUT2D eigenvalue weighted by atomic mass is 9.78. The molecule has 0 saturated carbocycles. The lowest BCUT2D eigenvalue weighted by molar-refractivity contribution is -0.160. The fourth-order valence-electron chi connectivity index (χ4n) is 8.97. The van der Waals surface area contributed by atoms with Crippen LogP contribution in [-0.2, 0) is 23.8 Å². The number of anilines is 2. The number of carbonyl (C=O) groups excluding carboxylic acids is 3. The number of carbonyl (C=O) groups is 3. The van der Waals surface area contributed by atoms with Gasteiger partial charge in [-0.3, -0.25) is 29.8 Å². The molecule has 1 saturated heterocycles. The molecule has 4 aromatic rings. The van der Waals surface area contributed by atoms with Gasteiger partial charge in [0.1, 0.15) is 29.2 Å². The molecule has 8 rings (SSSR count). The van der Waals surface area contributed by atoms with Gasteiger partial charge < -0.3 is 54.7 Å². The highest BCUT2D eigenvalue weighted by Crippen LogP contribution is 2.55. The number of rotatable bonds is 7. The van der Waals surface area contributed by atoms with Crippen LogP contribution in [0.2, 0.25) is 0 Å². The summed E-state index contributed by atoms with van der Waals surface area (Å²) in [6.07, 6.45) is 9.94. The summed E-state index contributed by atoms with van der Waals surface area (Å²) in [5.41, 5.74) is 3.27. The summed E-state index contributed by atoms with van der Waals surface area (Å²) in [7, 11) is 3.42. The average molecular weight is 1020 g/mol. The molecule has 74 heavy (non-hydrogen) atoms. The molecule has 1 amide bonds. The number of allylic oxidation sites excluding steroid dienone is 2. The number of Topliss-reactive ketones (excluding diaryl/α,β-unsaturated/α-hetero) is 1. The normalized spacial score (nSPS) is 27.7. The first kappa shape index (κ1) is 55.9. The highest BCUT2D eigenvalue weighted by atomic mass is 16.7. The zero-order valence-electron chi connectivity index (χ0n) is 43.4. The SMILES string of the molecule is C(=N\Nc1ccccn1)/c1ccccn1.CO[C@H]1/C=C/O[C@@]2(C)Oc3c(C)c(O)c4c(O)c(c(/C=N\N5CCN(C)CC5)c(O)c4c3C2=O)NC(=O)/C(C)=C\C=C\[C@H](C)[C@H](O)[C@@H](C)[C@@H](O)[C@@H](C)[C@H](OC(C)=O)[C@@H]1C. The van der Waals surface area contributed by atoms with Crippen LogP contribution in [0.5, 0.6) is 23.0 Å². The number of aromatic nitrogens is 2. The van der Waals surface area contributed by atoms with E-state index in [1.807, 2.05) is 43.4 Å². The van der Waals surface area contributed by atoms with E-state index in [-0.39, 0.29) is 44.5 Å². The van der Waals surface area contributed by atoms with Gasteiger partial charge in [-0.15, -0.1) is 0 Å². The van der Waals surface area contributed by atoms with Crippen LogP contribution >= 0.6 is 0 Å². The number of likely N-dealkylation sites (N-methyl/N-ethyl adjacent to an activating group) is 1. The number of nitrogens with one attached hydrogen (secondary N) is 2. The van der Waals surface area contributed by atoms with Crippen LogP contribution in [0, 0.1) is 30.6 Å². The van der Waals surface area contributed by atoms with Crippen LogP contribution in [0.3, 0.4) is 0 Å². The Morgan fingerprint density at radius 1 is 0.892 bits per heavy atom. The van der Waals surface area contributed by atoms with Crippen LogP contribution < -0.4 is 15.5 Å². The minimum absolute atomic E-state index is 0.0559. The number of nitrogens with zero attached hydrogens (tertiary/aromatic N) is 6. The van der Waals surface area contributed by atoms with Crippen molar-refractivity contribution in [1.29, 1.82) is 0 Å². The van der Waals surface area contributed by atoms with E-state index in [1.165, 1.54) is 59.4 Å². The van der Waals surface area contributed by atoms with E-state index in [9.17, 15) is 39.9 Å². The lowest BCUT2D eigenvalue weighted by Gasteiger charge is -2.38. The van der Waals surface area contributed by atoms with Crippen LogP contribution in [-0.4, -0.2) is 146 Å². The fraction of sp³-hybridized carbons (Fsp3) is 0.426. The van der Waals surface area contributed by atoms with Gasteiger partial charge in [0, 0.05) is 99.7 Å². The van der Waals surface area contributed by atoms with Crippen molar-refractivity contribution in [3.8, 4) is 23.0 Å². The Morgan fingerprint density at radius 3 is 2.22 bits per heavy atom. The predicted octanol–water partition coefficient (Wildman–Crippen LogP) is 6.26. The number of esters is 1. The van der Waals surface area contributed by atoms with Gasteiger partial charge in [0.25, 0.3) is 11.7 Å². The number of aromatic hydroxyl groups is 3. The average Bonchev–Trinajstić information content (AvgIpc) is 3.65. The Hall–Kier alpha value is -7.39. The lowest BCUT2D eigenvalue weighted by Crippen LogP contribution is -2.46. The Kier molecular flexibility index (Phi) is 18.6. The van der Waals surface area contributed by atoms with E-state index in [0.717, 1.165) is 18.8 Å². The standard InChI is InChI=1S/C43H58N4O12.C11H10N4/c1-21-12-11-13-22(2)42(55)45-33-28(20-44-47-17-15-46(9)16-18-47)37(52)30-31(38(33)53)36(51)26(6)40-32(30)41(54)43(8,59-40)57-19-14-29(56-10)23(3)39(58-27(7)48)25(5)35(50)24(4)34(21)49;1-3-7-12-10(5-1)9-14-15-11-6-2-4-8-13-11/h11-14,19-21,23-25,29,34-35,39,49-53H,15-18H2,1-10H3,(H,45,55);1-9H,(H,13,15)/b12-11+,19-14+,22-13-,44-20-;14-9+/t21-,23+,24+,25+,29-,34-,35+,39+,43-;/m0./s1. The third-order valence-corrected chi connectivity index (χ3v) is 13.6. The minimum atomic E-state index is -2.04. The van der Waals surface area contributed by atoms with E-state index in [2.05, 4.69) is 35.8 Å². The number of ether oxygens (including phenoxy) is 4. The maximum atomic E-state index is 14.4.